The number of nitrogens with one attached hydrogen (secondary N) is 3. The van der Waals surface area contributed by atoms with E-state index in [9.17, 15) is 18.0 Å². The summed E-state index contributed by atoms with van der Waals surface area (Å²) < 4.78 is 25.9. The molecule has 0 radical (unpaired) electrons. The first kappa shape index (κ1) is 18.9. The van der Waals surface area contributed by atoms with E-state index in [1.165, 1.54) is 19.2 Å². The van der Waals surface area contributed by atoms with Crippen LogP contribution in [0.2, 0.25) is 5.02 Å². The van der Waals surface area contributed by atoms with Crippen LogP contribution in [0, 0.1) is 6.92 Å². The lowest BCUT2D eigenvalue weighted by atomic mass is 10.1. The molecule has 0 aromatic heterocycles. The van der Waals surface area contributed by atoms with Gasteiger partial charge in [0.05, 0.1) is 5.02 Å². The van der Waals surface area contributed by atoms with Crippen LogP contribution < -0.4 is 15.6 Å². The van der Waals surface area contributed by atoms with Crippen molar-refractivity contribution in [2.75, 3.05) is 7.05 Å². The summed E-state index contributed by atoms with van der Waals surface area (Å²) in [4.78, 5) is 23.9. The van der Waals surface area contributed by atoms with Crippen molar-refractivity contribution < 1.29 is 18.0 Å². The van der Waals surface area contributed by atoms with Crippen molar-refractivity contribution >= 4 is 33.4 Å². The van der Waals surface area contributed by atoms with Gasteiger partial charge >= 0.3 is 0 Å². The maximum absolute atomic E-state index is 12.1. The van der Waals surface area contributed by atoms with Gasteiger partial charge in [0.2, 0.25) is 10.0 Å². The van der Waals surface area contributed by atoms with Crippen LogP contribution in [0.25, 0.3) is 0 Å². The quantitative estimate of drug-likeness (QED) is 0.700. The van der Waals surface area contributed by atoms with E-state index in [2.05, 4.69) is 15.6 Å². The highest BCUT2D eigenvalue weighted by Crippen LogP contribution is 2.22. The van der Waals surface area contributed by atoms with Gasteiger partial charge in [-0.05, 0) is 44.3 Å². The molecule has 0 saturated carbocycles. The third kappa shape index (κ3) is 4.56. The highest BCUT2D eigenvalue weighted by atomic mass is 35.5. The third-order valence-corrected chi connectivity index (χ3v) is 5.25. The van der Waals surface area contributed by atoms with E-state index >= 15 is 0 Å². The predicted molar refractivity (Wildman–Crippen MR) is 93.8 cm³/mol. The number of sulfonamides is 1. The minimum atomic E-state index is -3.81. The largest absolute Gasteiger partial charge is 0.269 e. The van der Waals surface area contributed by atoms with Gasteiger partial charge in [0.15, 0.2) is 0 Å². The van der Waals surface area contributed by atoms with Crippen LogP contribution in [0.3, 0.4) is 0 Å². The van der Waals surface area contributed by atoms with Crippen LogP contribution >= 0.6 is 11.6 Å². The Balaban J connectivity index is 2.12. The van der Waals surface area contributed by atoms with Crippen LogP contribution in [0.4, 0.5) is 0 Å². The lowest BCUT2D eigenvalue weighted by molar-refractivity contribution is 0.0846. The van der Waals surface area contributed by atoms with Crippen LogP contribution in [-0.2, 0) is 10.0 Å². The van der Waals surface area contributed by atoms with Crippen LogP contribution in [0.5, 0.6) is 0 Å². The molecule has 0 fully saturated rings. The van der Waals surface area contributed by atoms with Crippen molar-refractivity contribution in [3.63, 3.8) is 0 Å². The van der Waals surface area contributed by atoms with Gasteiger partial charge < -0.3 is 0 Å². The van der Waals surface area contributed by atoms with Crippen molar-refractivity contribution in [2.24, 2.45) is 0 Å². The van der Waals surface area contributed by atoms with Gasteiger partial charge in [0, 0.05) is 11.1 Å². The average Bonchev–Trinajstić information content (AvgIpc) is 2.60. The Morgan fingerprint density at radius 1 is 0.920 bits per heavy atom. The molecule has 0 atom stereocenters. The van der Waals surface area contributed by atoms with Gasteiger partial charge in [-0.2, -0.15) is 0 Å². The predicted octanol–water partition coefficient (Wildman–Crippen LogP) is 1.63. The van der Waals surface area contributed by atoms with E-state index < -0.39 is 21.8 Å². The second-order valence-corrected chi connectivity index (χ2v) is 7.39. The fraction of sp³-hybridized carbons (Fsp3) is 0.125. The summed E-state index contributed by atoms with van der Waals surface area (Å²) in [5.41, 5.74) is 5.90. The van der Waals surface area contributed by atoms with E-state index in [-0.39, 0.29) is 15.5 Å². The first-order chi connectivity index (χ1) is 11.7. The SMILES string of the molecule is CNS(=O)(=O)c1cc(C(=O)NNC(=O)c2ccc(C)cc2)ccc1Cl. The highest BCUT2D eigenvalue weighted by molar-refractivity contribution is 7.89. The van der Waals surface area contributed by atoms with Gasteiger partial charge in [-0.15, -0.1) is 0 Å². The van der Waals surface area contributed by atoms with E-state index in [1.807, 2.05) is 6.92 Å². The maximum Gasteiger partial charge on any atom is 0.269 e. The molecule has 2 rings (SSSR count). The molecule has 0 heterocycles. The number of rotatable bonds is 4. The van der Waals surface area contributed by atoms with E-state index in [1.54, 1.807) is 24.3 Å². The Bertz CT molecular complexity index is 911. The van der Waals surface area contributed by atoms with Crippen LogP contribution in [0.1, 0.15) is 26.3 Å². The number of halogens is 1. The molecule has 132 valence electrons. The summed E-state index contributed by atoms with van der Waals surface area (Å²) in [6, 6.07) is 10.6. The summed E-state index contributed by atoms with van der Waals surface area (Å²) in [7, 11) is -2.58. The monoisotopic (exact) mass is 381 g/mol. The molecule has 25 heavy (non-hydrogen) atoms. The number of carbonyl (C=O) groups excluding carboxylic acids is 2. The molecule has 2 amide bonds. The van der Waals surface area contributed by atoms with Crippen molar-refractivity contribution in [3.8, 4) is 0 Å². The minimum Gasteiger partial charge on any atom is -0.267 e. The Morgan fingerprint density at radius 3 is 2.00 bits per heavy atom. The smallest absolute Gasteiger partial charge is 0.267 e. The molecular formula is C16H16ClN3O4S. The van der Waals surface area contributed by atoms with E-state index in [4.69, 9.17) is 11.6 Å². The molecule has 3 N–H and O–H groups in total. The Morgan fingerprint density at radius 2 is 1.44 bits per heavy atom. The van der Waals surface area contributed by atoms with Crippen LogP contribution in [-0.4, -0.2) is 27.3 Å². The number of amides is 2. The summed E-state index contributed by atoms with van der Waals surface area (Å²) in [5.74, 6) is -1.17. The molecule has 0 unspecified atom stereocenters. The molecule has 0 bridgehead atoms. The van der Waals surface area contributed by atoms with Crippen molar-refractivity contribution in [1.82, 2.24) is 15.6 Å². The summed E-state index contributed by atoms with van der Waals surface area (Å²) in [5, 5.41) is -0.0189. The molecule has 0 aliphatic rings. The minimum absolute atomic E-state index is 0.0189. The number of aryl methyl sites for hydroxylation is 1. The van der Waals surface area contributed by atoms with E-state index in [0.717, 1.165) is 11.6 Å². The second kappa shape index (κ2) is 7.64. The second-order valence-electron chi connectivity index (χ2n) is 5.13. The zero-order valence-corrected chi connectivity index (χ0v) is 15.0. The maximum atomic E-state index is 12.1. The number of hydrogen-bond donors (Lipinski definition) is 3. The molecule has 2 aromatic carbocycles. The Hall–Kier alpha value is -2.42. The molecule has 0 spiro atoms. The molecule has 0 saturated heterocycles. The van der Waals surface area contributed by atoms with Gasteiger partial charge in [-0.25, -0.2) is 13.1 Å². The molecule has 7 nitrogen and oxygen atoms in total. The molecule has 0 aliphatic carbocycles. The van der Waals surface area contributed by atoms with Crippen molar-refractivity contribution in [3.05, 3.63) is 64.2 Å². The highest BCUT2D eigenvalue weighted by Gasteiger charge is 2.18. The van der Waals surface area contributed by atoms with Crippen molar-refractivity contribution in [2.45, 2.75) is 11.8 Å². The lowest BCUT2D eigenvalue weighted by Gasteiger charge is -2.10. The van der Waals surface area contributed by atoms with Crippen LogP contribution in [0.15, 0.2) is 47.4 Å². The first-order valence-electron chi connectivity index (χ1n) is 7.15. The lowest BCUT2D eigenvalue weighted by Crippen LogP contribution is -2.41. The topological polar surface area (TPSA) is 104 Å². The fourth-order valence-corrected chi connectivity index (χ4v) is 3.17. The molecular weight excluding hydrogens is 366 g/mol. The summed E-state index contributed by atoms with van der Waals surface area (Å²) >= 11 is 5.86. The number of hydrogen-bond acceptors (Lipinski definition) is 4. The number of carbonyl (C=O) groups is 2. The van der Waals surface area contributed by atoms with Gasteiger partial charge in [0.25, 0.3) is 11.8 Å². The normalized spacial score (nSPS) is 11.0. The zero-order valence-electron chi connectivity index (χ0n) is 13.5. The number of hydrazine groups is 1. The Kier molecular flexibility index (Phi) is 5.78. The molecule has 2 aromatic rings. The van der Waals surface area contributed by atoms with Gasteiger partial charge in [-0.1, -0.05) is 29.3 Å². The third-order valence-electron chi connectivity index (χ3n) is 3.35. The fourth-order valence-electron chi connectivity index (χ4n) is 1.92. The van der Waals surface area contributed by atoms with Crippen molar-refractivity contribution in [1.29, 1.82) is 0 Å². The average molecular weight is 382 g/mol. The molecule has 9 heteroatoms. The summed E-state index contributed by atoms with van der Waals surface area (Å²) in [6.45, 7) is 1.89. The molecule has 0 aliphatic heterocycles. The Labute approximate surface area is 150 Å². The standard InChI is InChI=1S/C16H16ClN3O4S/c1-10-3-5-11(6-4-10)15(21)19-20-16(22)12-7-8-13(17)14(9-12)25(23,24)18-2/h3-9,18H,1-2H3,(H,19,21)(H,20,22). The van der Waals surface area contributed by atoms with Gasteiger partial charge in [0.1, 0.15) is 4.90 Å². The van der Waals surface area contributed by atoms with E-state index in [0.29, 0.717) is 5.56 Å². The summed E-state index contributed by atoms with van der Waals surface area (Å²) in [6.07, 6.45) is 0. The first-order valence-corrected chi connectivity index (χ1v) is 9.01. The van der Waals surface area contributed by atoms with Gasteiger partial charge in [-0.3, -0.25) is 20.4 Å². The zero-order chi connectivity index (χ0) is 18.6. The number of benzene rings is 2.